The number of fused-ring (bicyclic) bond motifs is 1. The van der Waals surface area contributed by atoms with E-state index in [0.29, 0.717) is 23.9 Å². The first-order valence-electron chi connectivity index (χ1n) is 9.49. The molecule has 1 amide bonds. The number of carbonyl (C=O) groups is 3. The van der Waals surface area contributed by atoms with E-state index in [2.05, 4.69) is 0 Å². The molecule has 0 bridgehead atoms. The summed E-state index contributed by atoms with van der Waals surface area (Å²) >= 11 is 0. The van der Waals surface area contributed by atoms with Crippen LogP contribution >= 0.6 is 0 Å². The minimum absolute atomic E-state index is 0.161. The Labute approximate surface area is 173 Å². The minimum Gasteiger partial charge on any atom is -0.480 e. The molecule has 1 aromatic carbocycles. The van der Waals surface area contributed by atoms with E-state index in [1.165, 1.54) is 0 Å². The van der Waals surface area contributed by atoms with Crippen molar-refractivity contribution in [2.24, 2.45) is 5.73 Å². The van der Waals surface area contributed by atoms with E-state index in [1.54, 1.807) is 22.7 Å². The number of pyridine rings is 1. The number of ether oxygens (including phenoxy) is 1. The Balaban J connectivity index is 2.15. The van der Waals surface area contributed by atoms with Crippen molar-refractivity contribution >= 4 is 29.3 Å². The summed E-state index contributed by atoms with van der Waals surface area (Å²) in [5.41, 5.74) is 8.34. The van der Waals surface area contributed by atoms with Crippen molar-refractivity contribution in [3.63, 3.8) is 0 Å². The summed E-state index contributed by atoms with van der Waals surface area (Å²) in [6.07, 6.45) is 6.68. The number of Topliss-reactive ketones (excluding diaryl/α,β-unsaturated/α-hetero) is 1. The molecule has 7 nitrogen and oxygen atoms in total. The molecule has 3 N–H and O–H groups in total. The van der Waals surface area contributed by atoms with Crippen LogP contribution in [0, 0.1) is 0 Å². The second-order valence-corrected chi connectivity index (χ2v) is 6.64. The van der Waals surface area contributed by atoms with Gasteiger partial charge in [0.2, 0.25) is 0 Å². The van der Waals surface area contributed by atoms with Crippen LogP contribution in [0.5, 0.6) is 5.75 Å². The SMILES string of the molecule is CCc1c(C(=O)C(N)=O)c2c(OCC(=O)O)cccn2c1C/C=C/c1ccccc1. The van der Waals surface area contributed by atoms with Gasteiger partial charge in [-0.2, -0.15) is 0 Å². The van der Waals surface area contributed by atoms with Gasteiger partial charge >= 0.3 is 5.97 Å². The maximum atomic E-state index is 12.7. The second-order valence-electron chi connectivity index (χ2n) is 6.64. The molecule has 0 aliphatic rings. The van der Waals surface area contributed by atoms with Crippen molar-refractivity contribution in [3.8, 4) is 5.75 Å². The monoisotopic (exact) mass is 406 g/mol. The van der Waals surface area contributed by atoms with Crippen LogP contribution < -0.4 is 10.5 Å². The van der Waals surface area contributed by atoms with Gasteiger partial charge in [0, 0.05) is 18.3 Å². The number of allylic oxidation sites excluding steroid dienone is 1. The van der Waals surface area contributed by atoms with Crippen molar-refractivity contribution in [2.45, 2.75) is 19.8 Å². The number of carboxylic acid groups (broad SMARTS) is 1. The molecule has 154 valence electrons. The van der Waals surface area contributed by atoms with E-state index in [4.69, 9.17) is 15.6 Å². The zero-order valence-electron chi connectivity index (χ0n) is 16.5. The quantitative estimate of drug-likeness (QED) is 0.419. The van der Waals surface area contributed by atoms with Gasteiger partial charge in [0.05, 0.1) is 11.1 Å². The molecule has 0 atom stereocenters. The number of primary amides is 1. The van der Waals surface area contributed by atoms with Gasteiger partial charge in [-0.25, -0.2) is 4.79 Å². The lowest BCUT2D eigenvalue weighted by molar-refractivity contribution is -0.139. The van der Waals surface area contributed by atoms with E-state index in [-0.39, 0.29) is 11.3 Å². The van der Waals surface area contributed by atoms with Gasteiger partial charge in [0.15, 0.2) is 6.61 Å². The number of rotatable bonds is 9. The summed E-state index contributed by atoms with van der Waals surface area (Å²) in [5.74, 6) is -2.84. The number of nitrogens with zero attached hydrogens (tertiary/aromatic N) is 1. The number of hydrogen-bond acceptors (Lipinski definition) is 4. The van der Waals surface area contributed by atoms with Gasteiger partial charge in [-0.15, -0.1) is 0 Å². The molecular weight excluding hydrogens is 384 g/mol. The summed E-state index contributed by atoms with van der Waals surface area (Å²) in [4.78, 5) is 35.3. The smallest absolute Gasteiger partial charge is 0.341 e. The summed E-state index contributed by atoms with van der Waals surface area (Å²) < 4.78 is 7.16. The molecule has 0 radical (unpaired) electrons. The molecule has 0 fully saturated rings. The largest absolute Gasteiger partial charge is 0.480 e. The Bertz CT molecular complexity index is 1130. The third kappa shape index (κ3) is 4.25. The summed E-state index contributed by atoms with van der Waals surface area (Å²) in [6.45, 7) is 1.31. The minimum atomic E-state index is -1.15. The number of nitrogens with two attached hydrogens (primary N) is 1. The van der Waals surface area contributed by atoms with Crippen molar-refractivity contribution < 1.29 is 24.2 Å². The first-order valence-corrected chi connectivity index (χ1v) is 9.49. The molecule has 0 unspecified atom stereocenters. The predicted molar refractivity (Wildman–Crippen MR) is 113 cm³/mol. The van der Waals surface area contributed by atoms with Crippen LogP contribution in [0.4, 0.5) is 0 Å². The van der Waals surface area contributed by atoms with Gasteiger partial charge in [0.1, 0.15) is 5.75 Å². The lowest BCUT2D eigenvalue weighted by Gasteiger charge is -2.08. The van der Waals surface area contributed by atoms with Crippen LogP contribution in [0.3, 0.4) is 0 Å². The lowest BCUT2D eigenvalue weighted by atomic mass is 10.0. The zero-order chi connectivity index (χ0) is 21.7. The molecule has 0 aliphatic heterocycles. The molecule has 7 heteroatoms. The zero-order valence-corrected chi connectivity index (χ0v) is 16.5. The Kier molecular flexibility index (Phi) is 6.32. The Morgan fingerprint density at radius 3 is 2.50 bits per heavy atom. The molecular formula is C23H22N2O5. The van der Waals surface area contributed by atoms with Crippen LogP contribution in [-0.4, -0.2) is 33.8 Å². The highest BCUT2D eigenvalue weighted by atomic mass is 16.5. The number of carbonyl (C=O) groups excluding carboxylic acids is 2. The first kappa shape index (κ1) is 20.9. The normalized spacial score (nSPS) is 11.1. The number of aliphatic carboxylic acids is 1. The maximum Gasteiger partial charge on any atom is 0.341 e. The fourth-order valence-electron chi connectivity index (χ4n) is 3.49. The van der Waals surface area contributed by atoms with Gasteiger partial charge in [0.25, 0.3) is 11.7 Å². The van der Waals surface area contributed by atoms with Gasteiger partial charge in [-0.05, 0) is 29.7 Å². The Morgan fingerprint density at radius 2 is 1.87 bits per heavy atom. The van der Waals surface area contributed by atoms with Crippen molar-refractivity contribution in [3.05, 3.63) is 77.1 Å². The van der Waals surface area contributed by atoms with Gasteiger partial charge in [-0.1, -0.05) is 49.4 Å². The molecule has 30 heavy (non-hydrogen) atoms. The number of amides is 1. The van der Waals surface area contributed by atoms with Crippen LogP contribution in [0.15, 0.2) is 54.7 Å². The summed E-state index contributed by atoms with van der Waals surface area (Å²) in [7, 11) is 0. The lowest BCUT2D eigenvalue weighted by Crippen LogP contribution is -2.24. The third-order valence-electron chi connectivity index (χ3n) is 4.71. The Hall–Kier alpha value is -3.87. The average Bonchev–Trinajstić information content (AvgIpc) is 3.06. The molecule has 0 saturated carbocycles. The third-order valence-corrected chi connectivity index (χ3v) is 4.71. The fourth-order valence-corrected chi connectivity index (χ4v) is 3.49. The van der Waals surface area contributed by atoms with Crippen molar-refractivity contribution in [2.75, 3.05) is 6.61 Å². The van der Waals surface area contributed by atoms with E-state index < -0.39 is 24.3 Å². The molecule has 0 spiro atoms. The number of benzene rings is 1. The number of ketones is 1. The number of carboxylic acids is 1. The van der Waals surface area contributed by atoms with Crippen LogP contribution in [-0.2, 0) is 22.4 Å². The summed E-state index contributed by atoms with van der Waals surface area (Å²) in [5, 5.41) is 8.96. The van der Waals surface area contributed by atoms with Crippen molar-refractivity contribution in [1.82, 2.24) is 4.40 Å². The van der Waals surface area contributed by atoms with E-state index in [0.717, 1.165) is 11.3 Å². The van der Waals surface area contributed by atoms with Gasteiger partial charge < -0.3 is 20.0 Å². The maximum absolute atomic E-state index is 12.7. The van der Waals surface area contributed by atoms with Crippen molar-refractivity contribution in [1.29, 1.82) is 0 Å². The molecule has 3 rings (SSSR count). The molecule has 2 aromatic heterocycles. The van der Waals surface area contributed by atoms with E-state index >= 15 is 0 Å². The average molecular weight is 406 g/mol. The highest BCUT2D eigenvalue weighted by molar-refractivity contribution is 6.44. The first-order chi connectivity index (χ1) is 14.4. The highest BCUT2D eigenvalue weighted by Gasteiger charge is 2.27. The summed E-state index contributed by atoms with van der Waals surface area (Å²) in [6, 6.07) is 13.1. The predicted octanol–water partition coefficient (Wildman–Crippen LogP) is 2.89. The number of aromatic nitrogens is 1. The highest BCUT2D eigenvalue weighted by Crippen LogP contribution is 2.32. The topological polar surface area (TPSA) is 111 Å². The van der Waals surface area contributed by atoms with Gasteiger partial charge in [-0.3, -0.25) is 9.59 Å². The van der Waals surface area contributed by atoms with E-state index in [1.807, 2.05) is 49.4 Å². The molecule has 3 aromatic rings. The van der Waals surface area contributed by atoms with E-state index in [9.17, 15) is 14.4 Å². The van der Waals surface area contributed by atoms with Crippen LogP contribution in [0.2, 0.25) is 0 Å². The standard InChI is InChI=1S/C23H22N2O5/c1-2-16-17(11-6-10-15-8-4-3-5-9-15)25-13-7-12-18(30-14-19(26)27)21(25)20(16)22(28)23(24)29/h3-10,12-13H,2,11,14H2,1H3,(H2,24,29)(H,26,27)/b10-6+. The molecule has 0 aliphatic carbocycles. The fraction of sp³-hybridized carbons (Fsp3) is 0.174. The van der Waals surface area contributed by atoms with Crippen LogP contribution in [0.25, 0.3) is 11.6 Å². The Morgan fingerprint density at radius 1 is 1.13 bits per heavy atom. The second kappa shape index (κ2) is 9.09. The molecule has 0 saturated heterocycles. The van der Waals surface area contributed by atoms with Crippen LogP contribution in [0.1, 0.15) is 34.1 Å². The number of hydrogen-bond donors (Lipinski definition) is 2. The molecule has 2 heterocycles.